The summed E-state index contributed by atoms with van der Waals surface area (Å²) >= 11 is 12.2. The van der Waals surface area contributed by atoms with E-state index in [0.29, 0.717) is 21.6 Å². The number of hydrogen-bond acceptors (Lipinski definition) is 2. The summed E-state index contributed by atoms with van der Waals surface area (Å²) in [5, 5.41) is 1.18. The van der Waals surface area contributed by atoms with Crippen LogP contribution in [0.5, 0.6) is 0 Å². The Morgan fingerprint density at radius 2 is 2.00 bits per heavy atom. The van der Waals surface area contributed by atoms with Crippen LogP contribution in [-0.4, -0.2) is 9.38 Å². The van der Waals surface area contributed by atoms with E-state index in [9.17, 15) is 0 Å². The molecule has 0 aliphatic carbocycles. The molecule has 0 amide bonds. The highest BCUT2D eigenvalue weighted by molar-refractivity contribution is 6.35. The van der Waals surface area contributed by atoms with Crippen molar-refractivity contribution in [3.05, 3.63) is 52.1 Å². The van der Waals surface area contributed by atoms with Crippen molar-refractivity contribution in [2.75, 3.05) is 5.73 Å². The van der Waals surface area contributed by atoms with E-state index in [4.69, 9.17) is 28.9 Å². The van der Waals surface area contributed by atoms with E-state index >= 15 is 0 Å². The molecule has 0 radical (unpaired) electrons. The minimum atomic E-state index is 0.558. The first-order chi connectivity index (χ1) is 9.08. The number of anilines is 1. The van der Waals surface area contributed by atoms with Crippen LogP contribution in [0, 0.1) is 6.92 Å². The SMILES string of the molecule is Cc1cccn2c(N)c(-c3cc(Cl)ccc3Cl)nc12. The molecule has 3 nitrogen and oxygen atoms in total. The Bertz CT molecular complexity index is 778. The van der Waals surface area contributed by atoms with Crippen LogP contribution >= 0.6 is 23.2 Å². The van der Waals surface area contributed by atoms with Crippen LogP contribution in [0.1, 0.15) is 5.56 Å². The van der Waals surface area contributed by atoms with Crippen molar-refractivity contribution in [1.82, 2.24) is 9.38 Å². The Morgan fingerprint density at radius 3 is 2.74 bits per heavy atom. The standard InChI is InChI=1S/C14H11Cl2N3/c1-8-3-2-6-19-13(17)12(18-14(8)19)10-7-9(15)4-5-11(10)16/h2-7H,17H2,1H3. The van der Waals surface area contributed by atoms with Gasteiger partial charge >= 0.3 is 0 Å². The summed E-state index contributed by atoms with van der Waals surface area (Å²) in [6.45, 7) is 1.99. The molecule has 2 aromatic heterocycles. The monoisotopic (exact) mass is 291 g/mol. The Labute approximate surface area is 120 Å². The summed E-state index contributed by atoms with van der Waals surface area (Å²) in [4.78, 5) is 4.58. The Kier molecular flexibility index (Phi) is 2.88. The maximum atomic E-state index is 6.21. The molecule has 0 fully saturated rings. The van der Waals surface area contributed by atoms with Crippen LogP contribution in [-0.2, 0) is 0 Å². The zero-order valence-electron chi connectivity index (χ0n) is 10.2. The van der Waals surface area contributed by atoms with Gasteiger partial charge in [0.2, 0.25) is 0 Å². The molecule has 0 unspecified atom stereocenters. The van der Waals surface area contributed by atoms with Gasteiger partial charge in [-0.2, -0.15) is 0 Å². The lowest BCUT2D eigenvalue weighted by molar-refractivity contribution is 1.17. The first-order valence-electron chi connectivity index (χ1n) is 5.76. The van der Waals surface area contributed by atoms with Gasteiger partial charge in [-0.05, 0) is 36.8 Å². The van der Waals surface area contributed by atoms with E-state index in [0.717, 1.165) is 16.8 Å². The first kappa shape index (κ1) is 12.3. The van der Waals surface area contributed by atoms with E-state index in [1.807, 2.05) is 29.7 Å². The van der Waals surface area contributed by atoms with Crippen molar-refractivity contribution >= 4 is 34.7 Å². The fraction of sp³-hybridized carbons (Fsp3) is 0.0714. The van der Waals surface area contributed by atoms with Crippen molar-refractivity contribution < 1.29 is 0 Å². The highest BCUT2D eigenvalue weighted by atomic mass is 35.5. The van der Waals surface area contributed by atoms with Gasteiger partial charge in [0.1, 0.15) is 17.2 Å². The number of imidazole rings is 1. The third-order valence-electron chi connectivity index (χ3n) is 3.07. The molecule has 3 rings (SSSR count). The molecule has 0 spiro atoms. The van der Waals surface area contributed by atoms with Gasteiger partial charge in [-0.15, -0.1) is 0 Å². The number of fused-ring (bicyclic) bond motifs is 1. The lowest BCUT2D eigenvalue weighted by atomic mass is 10.1. The highest BCUT2D eigenvalue weighted by Crippen LogP contribution is 2.34. The number of rotatable bonds is 1. The summed E-state index contributed by atoms with van der Waals surface area (Å²) in [6, 6.07) is 9.19. The number of pyridine rings is 1. The molecule has 0 saturated heterocycles. The fourth-order valence-corrected chi connectivity index (χ4v) is 2.48. The summed E-state index contributed by atoms with van der Waals surface area (Å²) in [6.07, 6.45) is 1.88. The van der Waals surface area contributed by atoms with E-state index < -0.39 is 0 Å². The van der Waals surface area contributed by atoms with Gasteiger partial charge in [-0.3, -0.25) is 4.40 Å². The van der Waals surface area contributed by atoms with E-state index in [-0.39, 0.29) is 0 Å². The molecule has 0 aliphatic rings. The molecular formula is C14H11Cl2N3. The predicted molar refractivity (Wildman–Crippen MR) is 79.8 cm³/mol. The van der Waals surface area contributed by atoms with Crippen LogP contribution in [0.15, 0.2) is 36.5 Å². The number of nitrogens with zero attached hydrogens (tertiary/aromatic N) is 2. The topological polar surface area (TPSA) is 43.3 Å². The normalized spacial score (nSPS) is 11.1. The van der Waals surface area contributed by atoms with Gasteiger partial charge in [-0.1, -0.05) is 29.3 Å². The molecule has 2 heterocycles. The summed E-state index contributed by atoms with van der Waals surface area (Å²) in [5.74, 6) is 0.558. The molecule has 2 N–H and O–H groups in total. The smallest absolute Gasteiger partial charge is 0.142 e. The summed E-state index contributed by atoms with van der Waals surface area (Å²) in [7, 11) is 0. The molecule has 0 atom stereocenters. The fourth-order valence-electron chi connectivity index (χ4n) is 2.10. The van der Waals surface area contributed by atoms with Crippen LogP contribution in [0.25, 0.3) is 16.9 Å². The van der Waals surface area contributed by atoms with Crippen LogP contribution < -0.4 is 5.73 Å². The molecule has 3 aromatic rings. The maximum absolute atomic E-state index is 6.21. The number of hydrogen-bond donors (Lipinski definition) is 1. The predicted octanol–water partition coefficient (Wildman–Crippen LogP) is 4.20. The van der Waals surface area contributed by atoms with Gasteiger partial charge in [0, 0.05) is 16.8 Å². The van der Waals surface area contributed by atoms with Gasteiger partial charge in [0.05, 0.1) is 5.02 Å². The Balaban J connectivity index is 2.34. The summed E-state index contributed by atoms with van der Waals surface area (Å²) in [5.41, 5.74) is 9.44. The lowest BCUT2D eigenvalue weighted by Crippen LogP contribution is -1.94. The van der Waals surface area contributed by atoms with Crippen molar-refractivity contribution in [1.29, 1.82) is 0 Å². The van der Waals surface area contributed by atoms with Crippen molar-refractivity contribution in [2.24, 2.45) is 0 Å². The number of benzene rings is 1. The number of nitrogen functional groups attached to an aromatic ring is 1. The molecular weight excluding hydrogens is 281 g/mol. The first-order valence-corrected chi connectivity index (χ1v) is 6.52. The Hall–Kier alpha value is -1.71. The second-order valence-corrected chi connectivity index (χ2v) is 5.20. The van der Waals surface area contributed by atoms with E-state index in [1.165, 1.54) is 0 Å². The van der Waals surface area contributed by atoms with Gasteiger partial charge in [0.15, 0.2) is 0 Å². The molecule has 1 aromatic carbocycles. The lowest BCUT2D eigenvalue weighted by Gasteiger charge is -2.03. The minimum Gasteiger partial charge on any atom is -0.383 e. The molecule has 0 bridgehead atoms. The van der Waals surface area contributed by atoms with Crippen LogP contribution in [0.3, 0.4) is 0 Å². The molecule has 19 heavy (non-hydrogen) atoms. The largest absolute Gasteiger partial charge is 0.383 e. The van der Waals surface area contributed by atoms with Crippen molar-refractivity contribution in [3.63, 3.8) is 0 Å². The summed E-state index contributed by atoms with van der Waals surface area (Å²) < 4.78 is 1.85. The average molecular weight is 292 g/mol. The van der Waals surface area contributed by atoms with E-state index in [1.54, 1.807) is 18.2 Å². The van der Waals surface area contributed by atoms with Crippen LogP contribution in [0.4, 0.5) is 5.82 Å². The average Bonchev–Trinajstić information content (AvgIpc) is 2.72. The van der Waals surface area contributed by atoms with Gasteiger partial charge in [-0.25, -0.2) is 4.98 Å². The number of aromatic nitrogens is 2. The molecule has 5 heteroatoms. The van der Waals surface area contributed by atoms with Crippen molar-refractivity contribution in [2.45, 2.75) is 6.92 Å². The second-order valence-electron chi connectivity index (χ2n) is 4.35. The zero-order valence-corrected chi connectivity index (χ0v) is 11.7. The Morgan fingerprint density at radius 1 is 1.21 bits per heavy atom. The molecule has 96 valence electrons. The minimum absolute atomic E-state index is 0.558. The third kappa shape index (κ3) is 1.95. The third-order valence-corrected chi connectivity index (χ3v) is 3.63. The van der Waals surface area contributed by atoms with Gasteiger partial charge in [0.25, 0.3) is 0 Å². The van der Waals surface area contributed by atoms with Crippen molar-refractivity contribution in [3.8, 4) is 11.3 Å². The molecule has 0 saturated carbocycles. The maximum Gasteiger partial charge on any atom is 0.142 e. The van der Waals surface area contributed by atoms with E-state index in [2.05, 4.69) is 4.98 Å². The highest BCUT2D eigenvalue weighted by Gasteiger charge is 2.15. The van der Waals surface area contributed by atoms with Crippen LogP contribution in [0.2, 0.25) is 10.0 Å². The number of nitrogens with two attached hydrogens (primary N) is 1. The second kappa shape index (κ2) is 4.44. The molecule has 0 aliphatic heterocycles. The van der Waals surface area contributed by atoms with Gasteiger partial charge < -0.3 is 5.73 Å². The zero-order chi connectivity index (χ0) is 13.6. The number of halogens is 2. The number of aryl methyl sites for hydroxylation is 1. The quantitative estimate of drug-likeness (QED) is 0.730.